The van der Waals surface area contributed by atoms with Gasteiger partial charge < -0.3 is 58.5 Å². The summed E-state index contributed by atoms with van der Waals surface area (Å²) in [5.41, 5.74) is -0.741. The molecule has 1 unspecified atom stereocenters. The molecule has 2 saturated carbocycles. The van der Waals surface area contributed by atoms with Crippen molar-refractivity contribution in [2.24, 2.45) is 28.7 Å². The Morgan fingerprint density at radius 1 is 0.900 bits per heavy atom. The van der Waals surface area contributed by atoms with E-state index in [1.165, 1.54) is 0 Å². The number of hydrogen-bond acceptors (Lipinski definition) is 14. The molecule has 334 valence electrons. The van der Waals surface area contributed by atoms with Crippen LogP contribution in [0, 0.1) is 23.7 Å². The van der Waals surface area contributed by atoms with Gasteiger partial charge in [-0.2, -0.15) is 0 Å². The van der Waals surface area contributed by atoms with E-state index in [0.29, 0.717) is 57.8 Å². The Kier molecular flexibility index (Phi) is 11.2. The predicted molar refractivity (Wildman–Crippen MR) is 213 cm³/mol. The Morgan fingerprint density at radius 2 is 1.70 bits per heavy atom. The van der Waals surface area contributed by atoms with Crippen LogP contribution in [-0.4, -0.2) is 150 Å². The molecule has 15 heteroatoms. The number of methoxy groups -OCH3 is 2. The summed E-state index contributed by atoms with van der Waals surface area (Å²) in [4.78, 5) is 32.7. The van der Waals surface area contributed by atoms with Gasteiger partial charge in [0.15, 0.2) is 5.79 Å². The normalized spacial score (nSPS) is 49.8. The lowest BCUT2D eigenvalue weighted by Crippen LogP contribution is -2.75. The minimum absolute atomic E-state index is 0.0107. The number of ketones is 1. The van der Waals surface area contributed by atoms with Crippen molar-refractivity contribution in [3.8, 4) is 0 Å². The predicted octanol–water partition coefficient (Wildman–Crippen LogP) is 2.82. The zero-order valence-corrected chi connectivity index (χ0v) is 35.4. The van der Waals surface area contributed by atoms with Crippen LogP contribution in [0.5, 0.6) is 0 Å². The smallest absolute Gasteiger partial charge is 0.252 e. The number of carbonyl (C=O) groups excluding carboxylic acids is 2. The van der Waals surface area contributed by atoms with Gasteiger partial charge in [0.25, 0.3) is 5.91 Å². The Hall–Kier alpha value is -1.89. The van der Waals surface area contributed by atoms with E-state index in [-0.39, 0.29) is 86.1 Å². The molecule has 60 heavy (non-hydrogen) atoms. The van der Waals surface area contributed by atoms with Crippen molar-refractivity contribution < 1.29 is 62.8 Å². The second-order valence-corrected chi connectivity index (χ2v) is 20.2. The Morgan fingerprint density at radius 3 is 2.48 bits per heavy atom. The van der Waals surface area contributed by atoms with Crippen LogP contribution in [0.4, 0.5) is 0 Å². The molecule has 15 nitrogen and oxygen atoms in total. The molecule has 10 aliphatic heterocycles. The van der Waals surface area contributed by atoms with Gasteiger partial charge in [-0.3, -0.25) is 14.6 Å². The van der Waals surface area contributed by atoms with Crippen molar-refractivity contribution in [3.05, 3.63) is 12.2 Å². The standard InChI is InChI=1S/C45H66N2O13/c1-22-13-26-9-10-44(52)20-32(49)29-18-31-39(29)58-37-8-6-27-15-24(48)16-30-34(57-36(40(30)54-4)17-28(53-3)21-46-42(50)43(51)11-12-43)19-35-38(47-45(37,59-27)41(31)60-44)23(2)14-25(56-35)5-7-33(22)55-26/h23,25-37,39-41,49,51-52H,1,5-21H2,2-4H3,(H,46,50)/t23-,25+,26+,27-,28+,29+,30+,31?,32-,33+,34+,35-,36-,37+,39+,40-,41-,44+,45+/m1/s1. The van der Waals surface area contributed by atoms with Gasteiger partial charge in [-0.05, 0) is 75.7 Å². The molecule has 12 bridgehead atoms. The monoisotopic (exact) mass is 842 g/mol. The molecule has 1 amide bonds. The minimum Gasteiger partial charge on any atom is -0.393 e. The molecule has 0 aromatic carbocycles. The minimum atomic E-state index is -1.66. The number of nitrogens with zero attached hydrogens (tertiary/aromatic N) is 1. The molecule has 0 aromatic rings. The molecule has 7 saturated heterocycles. The van der Waals surface area contributed by atoms with Crippen LogP contribution in [0.3, 0.4) is 0 Å². The maximum atomic E-state index is 14.3. The number of amides is 1. The van der Waals surface area contributed by atoms with E-state index in [0.717, 1.165) is 30.5 Å². The summed E-state index contributed by atoms with van der Waals surface area (Å²) in [5.74, 6) is -2.62. The molecule has 4 N–H and O–H groups in total. The second-order valence-electron chi connectivity index (χ2n) is 20.2. The Bertz CT molecular complexity index is 1710. The number of Topliss-reactive ketones (excluding diaryl/α,β-unsaturated/α-hetero) is 1. The first-order chi connectivity index (χ1) is 28.8. The molecule has 0 radical (unpaired) electrons. The third-order valence-electron chi connectivity index (χ3n) is 16.2. The van der Waals surface area contributed by atoms with E-state index in [1.807, 2.05) is 0 Å². The average molecular weight is 843 g/mol. The quantitative estimate of drug-likeness (QED) is 0.274. The van der Waals surface area contributed by atoms with Crippen molar-refractivity contribution in [3.63, 3.8) is 0 Å². The molecule has 0 aromatic heterocycles. The van der Waals surface area contributed by atoms with Crippen LogP contribution in [0.15, 0.2) is 17.1 Å². The first-order valence-corrected chi connectivity index (χ1v) is 23.0. The summed E-state index contributed by atoms with van der Waals surface area (Å²) in [6, 6.07) is 0. The van der Waals surface area contributed by atoms with Crippen LogP contribution < -0.4 is 5.32 Å². The summed E-state index contributed by atoms with van der Waals surface area (Å²) >= 11 is 0. The third kappa shape index (κ3) is 7.56. The van der Waals surface area contributed by atoms with E-state index in [1.54, 1.807) is 14.2 Å². The molecule has 2 aliphatic carbocycles. The van der Waals surface area contributed by atoms with Gasteiger partial charge in [-0.1, -0.05) is 13.5 Å². The zero-order valence-electron chi connectivity index (χ0n) is 35.4. The molecular formula is C45H66N2O13. The van der Waals surface area contributed by atoms with E-state index >= 15 is 0 Å². The van der Waals surface area contributed by atoms with Gasteiger partial charge in [0, 0.05) is 82.8 Å². The van der Waals surface area contributed by atoms with Crippen LogP contribution in [-0.2, 0) is 47.5 Å². The van der Waals surface area contributed by atoms with E-state index in [4.69, 9.17) is 42.9 Å². The number of aliphatic hydroxyl groups excluding tert-OH is 1. The van der Waals surface area contributed by atoms with Gasteiger partial charge in [0.05, 0.1) is 67.1 Å². The first kappa shape index (κ1) is 42.1. The third-order valence-corrected chi connectivity index (χ3v) is 16.2. The van der Waals surface area contributed by atoms with Gasteiger partial charge in [-0.25, -0.2) is 0 Å². The number of nitrogens with one attached hydrogen (secondary N) is 1. The number of fused-ring (bicyclic) bond motifs is 6. The van der Waals surface area contributed by atoms with Gasteiger partial charge >= 0.3 is 0 Å². The van der Waals surface area contributed by atoms with E-state index in [9.17, 15) is 24.9 Å². The highest BCUT2D eigenvalue weighted by atomic mass is 16.7. The fourth-order valence-corrected chi connectivity index (χ4v) is 12.7. The summed E-state index contributed by atoms with van der Waals surface area (Å²) in [6.07, 6.45) is 2.55. The summed E-state index contributed by atoms with van der Waals surface area (Å²) < 4.78 is 54.0. The zero-order chi connectivity index (χ0) is 41.7. The van der Waals surface area contributed by atoms with Crippen molar-refractivity contribution in [2.75, 3.05) is 20.8 Å². The maximum Gasteiger partial charge on any atom is 0.252 e. The summed E-state index contributed by atoms with van der Waals surface area (Å²) in [5, 5.41) is 37.2. The number of hydrogen-bond donors (Lipinski definition) is 4. The van der Waals surface area contributed by atoms with Gasteiger partial charge in [0.1, 0.15) is 23.6 Å². The van der Waals surface area contributed by atoms with Crippen LogP contribution in [0.1, 0.15) is 110 Å². The Balaban J connectivity index is 1.02. The molecule has 12 aliphatic rings. The lowest BCUT2D eigenvalue weighted by molar-refractivity contribution is -0.396. The first-order valence-electron chi connectivity index (χ1n) is 23.0. The summed E-state index contributed by atoms with van der Waals surface area (Å²) in [7, 11) is 3.25. The highest BCUT2D eigenvalue weighted by Gasteiger charge is 2.69. The number of carbonyl (C=O) groups is 2. The SMILES string of the molecule is C=C1C[C@@H]2CC[C@@]3(O)C[C@@H](O)[C@@H]4CC5[C@H]4O[C@H]4CC[C@@H]6CC(=O)C[C@@H]7[C@@H](OC)[C@@H](C[C@@H](CNC(=O)C8(O)CC8)OC)O[C@H]7C[C@H]7O[C@@H](CC[C@@H]1O2)C[C@@H](C)C7=N[C@@]4(O6)[C@@H]5O3. The Labute approximate surface area is 352 Å². The van der Waals surface area contributed by atoms with Crippen LogP contribution >= 0.6 is 0 Å². The maximum absolute atomic E-state index is 14.3. The number of aliphatic hydroxyl groups is 3. The largest absolute Gasteiger partial charge is 0.393 e. The lowest BCUT2D eigenvalue weighted by Gasteiger charge is -2.64. The van der Waals surface area contributed by atoms with Gasteiger partial charge in [-0.15, -0.1) is 0 Å². The average Bonchev–Trinajstić information content (AvgIpc) is 3.73. The fraction of sp³-hybridized carbons (Fsp3) is 0.889. The molecule has 19 atom stereocenters. The van der Waals surface area contributed by atoms with Crippen molar-refractivity contribution >= 4 is 17.4 Å². The second kappa shape index (κ2) is 16.0. The molecule has 10 heterocycles. The van der Waals surface area contributed by atoms with Crippen LogP contribution in [0.25, 0.3) is 0 Å². The highest BCUT2D eigenvalue weighted by Crippen LogP contribution is 2.58. The van der Waals surface area contributed by atoms with E-state index < -0.39 is 78.0 Å². The number of rotatable bonds is 7. The molecule has 12 rings (SSSR count). The van der Waals surface area contributed by atoms with Crippen molar-refractivity contribution in [1.29, 1.82) is 0 Å². The topological polar surface area (TPSA) is 193 Å². The van der Waals surface area contributed by atoms with Crippen molar-refractivity contribution in [1.82, 2.24) is 5.32 Å². The summed E-state index contributed by atoms with van der Waals surface area (Å²) in [6.45, 7) is 6.80. The molecular weight excluding hydrogens is 776 g/mol. The van der Waals surface area contributed by atoms with E-state index in [2.05, 4.69) is 18.8 Å². The number of ether oxygens (including phenoxy) is 8. The number of aliphatic imine (C=N–C) groups is 1. The van der Waals surface area contributed by atoms with Crippen LogP contribution in [0.2, 0.25) is 0 Å². The van der Waals surface area contributed by atoms with Crippen molar-refractivity contribution in [2.45, 2.75) is 206 Å². The molecule has 1 spiro atoms. The van der Waals surface area contributed by atoms with Gasteiger partial charge in [0.2, 0.25) is 5.72 Å². The molecule has 9 fully saturated rings. The highest BCUT2D eigenvalue weighted by molar-refractivity contribution is 5.92. The lowest BCUT2D eigenvalue weighted by atomic mass is 9.60. The fourth-order valence-electron chi connectivity index (χ4n) is 12.7.